The van der Waals surface area contributed by atoms with Crippen LogP contribution in [0.3, 0.4) is 0 Å². The highest BCUT2D eigenvalue weighted by Gasteiger charge is 2.11. The Morgan fingerprint density at radius 2 is 2.06 bits per heavy atom. The fourth-order valence-corrected chi connectivity index (χ4v) is 1.41. The van der Waals surface area contributed by atoms with Gasteiger partial charge in [0.2, 0.25) is 5.91 Å². The quantitative estimate of drug-likeness (QED) is 0.847. The van der Waals surface area contributed by atoms with Gasteiger partial charge in [0.15, 0.2) is 0 Å². The molecule has 18 heavy (non-hydrogen) atoms. The number of carbonyl (C=O) groups excluding carboxylic acids is 1. The first-order chi connectivity index (χ1) is 8.40. The third kappa shape index (κ3) is 4.16. The lowest BCUT2D eigenvalue weighted by atomic mass is 10.1. The summed E-state index contributed by atoms with van der Waals surface area (Å²) in [5.74, 6) is -1.97. The number of rotatable bonds is 5. The van der Waals surface area contributed by atoms with Crippen LogP contribution in [0.5, 0.6) is 0 Å². The number of anilines is 1. The van der Waals surface area contributed by atoms with Gasteiger partial charge in [-0.25, -0.2) is 9.18 Å². The van der Waals surface area contributed by atoms with Crippen molar-refractivity contribution in [1.82, 2.24) is 0 Å². The van der Waals surface area contributed by atoms with Crippen LogP contribution >= 0.6 is 0 Å². The molecule has 0 fully saturated rings. The van der Waals surface area contributed by atoms with E-state index < -0.39 is 17.3 Å². The van der Waals surface area contributed by atoms with Crippen molar-refractivity contribution in [2.45, 2.75) is 26.7 Å². The smallest absolute Gasteiger partial charge is 0.338 e. The highest BCUT2D eigenvalue weighted by molar-refractivity contribution is 5.92. The average Bonchev–Trinajstić information content (AvgIpc) is 2.26. The predicted molar refractivity (Wildman–Crippen MR) is 66.1 cm³/mol. The predicted octanol–water partition coefficient (Wildman–Crippen LogP) is 2.90. The summed E-state index contributed by atoms with van der Waals surface area (Å²) in [7, 11) is 0. The Labute approximate surface area is 105 Å². The molecule has 0 spiro atoms. The summed E-state index contributed by atoms with van der Waals surface area (Å²) in [6, 6.07) is 3.52. The standard InChI is InChI=1S/C13H16FNO3/c1-8(2)3-6-12(16)15-9-4-5-10(13(17)18)11(14)7-9/h4-5,7-8H,3,6H2,1-2H3,(H,15,16)(H,17,18). The zero-order valence-electron chi connectivity index (χ0n) is 10.4. The van der Waals surface area contributed by atoms with Crippen LogP contribution in [0.2, 0.25) is 0 Å². The van der Waals surface area contributed by atoms with Gasteiger partial charge in [0.05, 0.1) is 5.56 Å². The fraction of sp³-hybridized carbons (Fsp3) is 0.385. The molecule has 1 aromatic carbocycles. The first-order valence-corrected chi connectivity index (χ1v) is 5.73. The van der Waals surface area contributed by atoms with Crippen LogP contribution in [-0.4, -0.2) is 17.0 Å². The molecule has 4 nitrogen and oxygen atoms in total. The molecule has 98 valence electrons. The molecule has 0 radical (unpaired) electrons. The van der Waals surface area contributed by atoms with Gasteiger partial charge in [0.25, 0.3) is 0 Å². The molecule has 0 saturated heterocycles. The summed E-state index contributed by atoms with van der Waals surface area (Å²) in [6.45, 7) is 4.02. The van der Waals surface area contributed by atoms with Gasteiger partial charge in [-0.3, -0.25) is 4.79 Å². The van der Waals surface area contributed by atoms with Crippen LogP contribution in [-0.2, 0) is 4.79 Å². The van der Waals surface area contributed by atoms with E-state index in [0.29, 0.717) is 12.3 Å². The maximum Gasteiger partial charge on any atom is 0.338 e. The molecule has 0 bridgehead atoms. The zero-order chi connectivity index (χ0) is 13.7. The maximum absolute atomic E-state index is 13.3. The summed E-state index contributed by atoms with van der Waals surface area (Å²) in [5.41, 5.74) is -0.138. The van der Waals surface area contributed by atoms with Crippen LogP contribution in [0.4, 0.5) is 10.1 Å². The number of hydrogen-bond acceptors (Lipinski definition) is 2. The molecule has 1 aromatic rings. The largest absolute Gasteiger partial charge is 0.478 e. The van der Waals surface area contributed by atoms with E-state index in [1.54, 1.807) is 0 Å². The molecule has 0 aliphatic rings. The van der Waals surface area contributed by atoms with Gasteiger partial charge < -0.3 is 10.4 Å². The molecule has 1 amide bonds. The lowest BCUT2D eigenvalue weighted by Crippen LogP contribution is -2.12. The van der Waals surface area contributed by atoms with Gasteiger partial charge in [-0.05, 0) is 30.5 Å². The molecule has 5 heteroatoms. The second-order valence-corrected chi connectivity index (χ2v) is 4.48. The maximum atomic E-state index is 13.3. The van der Waals surface area contributed by atoms with E-state index in [4.69, 9.17) is 5.11 Å². The lowest BCUT2D eigenvalue weighted by molar-refractivity contribution is -0.116. The molecular weight excluding hydrogens is 237 g/mol. The molecule has 0 heterocycles. The first kappa shape index (κ1) is 14.2. The molecule has 0 atom stereocenters. The molecule has 0 aromatic heterocycles. The Balaban J connectivity index is 2.66. The monoisotopic (exact) mass is 253 g/mol. The van der Waals surface area contributed by atoms with Gasteiger partial charge >= 0.3 is 5.97 Å². The Morgan fingerprint density at radius 3 is 2.56 bits per heavy atom. The van der Waals surface area contributed by atoms with Gasteiger partial charge in [-0.15, -0.1) is 0 Å². The van der Waals surface area contributed by atoms with Crippen molar-refractivity contribution in [2.24, 2.45) is 5.92 Å². The van der Waals surface area contributed by atoms with Crippen molar-refractivity contribution in [1.29, 1.82) is 0 Å². The molecule has 1 rings (SSSR count). The number of carboxylic acid groups (broad SMARTS) is 1. The molecule has 0 unspecified atom stereocenters. The average molecular weight is 253 g/mol. The van der Waals surface area contributed by atoms with Crippen molar-refractivity contribution in [3.63, 3.8) is 0 Å². The zero-order valence-corrected chi connectivity index (χ0v) is 10.4. The minimum absolute atomic E-state index is 0.203. The molecule has 0 aliphatic carbocycles. The van der Waals surface area contributed by atoms with E-state index in [9.17, 15) is 14.0 Å². The summed E-state index contributed by atoms with van der Waals surface area (Å²) in [6.07, 6.45) is 1.11. The first-order valence-electron chi connectivity index (χ1n) is 5.73. The number of carboxylic acids is 1. The number of nitrogens with one attached hydrogen (secondary N) is 1. The van der Waals surface area contributed by atoms with Crippen LogP contribution < -0.4 is 5.32 Å². The number of halogens is 1. The van der Waals surface area contributed by atoms with Gasteiger partial charge in [0, 0.05) is 12.1 Å². The number of aromatic carboxylic acids is 1. The fourth-order valence-electron chi connectivity index (χ4n) is 1.41. The van der Waals surface area contributed by atoms with Crippen LogP contribution in [0.25, 0.3) is 0 Å². The topological polar surface area (TPSA) is 66.4 Å². The van der Waals surface area contributed by atoms with Crippen molar-refractivity contribution in [3.8, 4) is 0 Å². The van der Waals surface area contributed by atoms with Gasteiger partial charge in [0.1, 0.15) is 5.82 Å². The van der Waals surface area contributed by atoms with E-state index in [2.05, 4.69) is 5.32 Å². The minimum atomic E-state index is -1.33. The number of carbonyl (C=O) groups is 2. The second-order valence-electron chi connectivity index (χ2n) is 4.48. The summed E-state index contributed by atoms with van der Waals surface area (Å²) < 4.78 is 13.3. The summed E-state index contributed by atoms with van der Waals surface area (Å²) in [4.78, 5) is 22.1. The Morgan fingerprint density at radius 1 is 1.39 bits per heavy atom. The van der Waals surface area contributed by atoms with Crippen LogP contribution in [0.15, 0.2) is 18.2 Å². The van der Waals surface area contributed by atoms with E-state index >= 15 is 0 Å². The van der Waals surface area contributed by atoms with Crippen molar-refractivity contribution < 1.29 is 19.1 Å². The van der Waals surface area contributed by atoms with E-state index in [1.165, 1.54) is 6.07 Å². The minimum Gasteiger partial charge on any atom is -0.478 e. The van der Waals surface area contributed by atoms with Gasteiger partial charge in [-0.2, -0.15) is 0 Å². The second kappa shape index (κ2) is 6.14. The SMILES string of the molecule is CC(C)CCC(=O)Nc1ccc(C(=O)O)c(F)c1. The Hall–Kier alpha value is -1.91. The van der Waals surface area contributed by atoms with E-state index in [0.717, 1.165) is 18.6 Å². The van der Waals surface area contributed by atoms with Crippen LogP contribution in [0.1, 0.15) is 37.0 Å². The van der Waals surface area contributed by atoms with Crippen molar-refractivity contribution >= 4 is 17.6 Å². The number of benzene rings is 1. The normalized spacial score (nSPS) is 10.4. The highest BCUT2D eigenvalue weighted by atomic mass is 19.1. The van der Waals surface area contributed by atoms with E-state index in [1.807, 2.05) is 13.8 Å². The summed E-state index contributed by atoms with van der Waals surface area (Å²) >= 11 is 0. The van der Waals surface area contributed by atoms with Crippen LogP contribution in [0, 0.1) is 11.7 Å². The molecule has 0 aliphatic heterocycles. The Bertz CT molecular complexity index is 458. The number of hydrogen-bond donors (Lipinski definition) is 2. The molecular formula is C13H16FNO3. The van der Waals surface area contributed by atoms with Crippen molar-refractivity contribution in [3.05, 3.63) is 29.6 Å². The number of amides is 1. The van der Waals surface area contributed by atoms with E-state index in [-0.39, 0.29) is 11.6 Å². The van der Waals surface area contributed by atoms with Crippen molar-refractivity contribution in [2.75, 3.05) is 5.32 Å². The molecule has 2 N–H and O–H groups in total. The van der Waals surface area contributed by atoms with Gasteiger partial charge in [-0.1, -0.05) is 13.8 Å². The molecule has 0 saturated carbocycles. The summed E-state index contributed by atoms with van der Waals surface area (Å²) in [5, 5.41) is 11.2. The third-order valence-corrected chi connectivity index (χ3v) is 2.43. The Kier molecular flexibility index (Phi) is 4.83. The lowest BCUT2D eigenvalue weighted by Gasteiger charge is -2.07. The highest BCUT2D eigenvalue weighted by Crippen LogP contribution is 2.15. The third-order valence-electron chi connectivity index (χ3n) is 2.43.